The van der Waals surface area contributed by atoms with Crippen molar-refractivity contribution in [2.24, 2.45) is 0 Å². The van der Waals surface area contributed by atoms with Gasteiger partial charge in [-0.15, -0.1) is 0 Å². The Bertz CT molecular complexity index is 773. The first-order chi connectivity index (χ1) is 10.7. The van der Waals surface area contributed by atoms with E-state index in [1.807, 2.05) is 0 Å². The zero-order valence-corrected chi connectivity index (χ0v) is 13.0. The SMILES string of the molecule is COc1cc2c3c(c1)C(=O)CCC3N(S(=O)(=O)C(F)(F)F)CC2. The van der Waals surface area contributed by atoms with E-state index in [4.69, 9.17) is 4.74 Å². The first-order valence-electron chi connectivity index (χ1n) is 6.99. The molecule has 0 saturated carbocycles. The van der Waals surface area contributed by atoms with Crippen molar-refractivity contribution in [3.63, 3.8) is 0 Å². The second kappa shape index (κ2) is 5.20. The third-order valence-corrected chi connectivity index (χ3v) is 5.94. The van der Waals surface area contributed by atoms with Crippen molar-refractivity contribution in [1.82, 2.24) is 4.31 Å². The van der Waals surface area contributed by atoms with E-state index >= 15 is 0 Å². The molecule has 3 rings (SSSR count). The highest BCUT2D eigenvalue weighted by Crippen LogP contribution is 2.45. The number of ether oxygens (including phenoxy) is 1. The predicted molar refractivity (Wildman–Crippen MR) is 74.7 cm³/mol. The van der Waals surface area contributed by atoms with Gasteiger partial charge >= 0.3 is 15.5 Å². The molecule has 5 nitrogen and oxygen atoms in total. The molecule has 0 radical (unpaired) electrons. The zero-order chi connectivity index (χ0) is 17.0. The van der Waals surface area contributed by atoms with E-state index in [0.29, 0.717) is 21.2 Å². The number of hydrogen-bond acceptors (Lipinski definition) is 4. The van der Waals surface area contributed by atoms with Gasteiger partial charge < -0.3 is 4.74 Å². The van der Waals surface area contributed by atoms with Gasteiger partial charge in [0.25, 0.3) is 0 Å². The van der Waals surface area contributed by atoms with E-state index in [0.717, 1.165) is 0 Å². The minimum absolute atomic E-state index is 0.00809. The molecule has 1 aliphatic carbocycles. The average molecular weight is 349 g/mol. The number of Topliss-reactive ketones (excluding diaryl/α,β-unsaturated/α-hetero) is 1. The van der Waals surface area contributed by atoms with E-state index in [1.165, 1.54) is 13.2 Å². The number of halogens is 3. The van der Waals surface area contributed by atoms with Crippen LogP contribution in [-0.2, 0) is 16.4 Å². The third-order valence-electron chi connectivity index (χ3n) is 4.30. The van der Waals surface area contributed by atoms with Crippen molar-refractivity contribution in [2.45, 2.75) is 30.8 Å². The number of nitrogens with zero attached hydrogens (tertiary/aromatic N) is 1. The van der Waals surface area contributed by atoms with Gasteiger partial charge in [0.2, 0.25) is 0 Å². The molecule has 0 N–H and O–H groups in total. The average Bonchev–Trinajstić information content (AvgIpc) is 2.48. The summed E-state index contributed by atoms with van der Waals surface area (Å²) in [5.74, 6) is 0.238. The van der Waals surface area contributed by atoms with Crippen molar-refractivity contribution in [1.29, 1.82) is 0 Å². The Morgan fingerprint density at radius 3 is 2.57 bits per heavy atom. The summed E-state index contributed by atoms with van der Waals surface area (Å²) in [4.78, 5) is 12.1. The summed E-state index contributed by atoms with van der Waals surface area (Å²) in [6.07, 6.45) is 0.174. The van der Waals surface area contributed by atoms with Crippen LogP contribution in [0.4, 0.5) is 13.2 Å². The van der Waals surface area contributed by atoms with E-state index < -0.39 is 21.6 Å². The van der Waals surface area contributed by atoms with Gasteiger partial charge in [0.15, 0.2) is 5.78 Å². The Kier molecular flexibility index (Phi) is 3.68. The third kappa shape index (κ3) is 2.42. The number of carbonyl (C=O) groups is 1. The summed E-state index contributed by atoms with van der Waals surface area (Å²) in [6.45, 7) is -0.264. The number of methoxy groups -OCH3 is 1. The molecule has 23 heavy (non-hydrogen) atoms. The first-order valence-corrected chi connectivity index (χ1v) is 8.43. The lowest BCUT2D eigenvalue weighted by Gasteiger charge is -2.39. The molecule has 2 aliphatic rings. The lowest BCUT2D eigenvalue weighted by atomic mass is 9.80. The van der Waals surface area contributed by atoms with E-state index in [-0.39, 0.29) is 37.2 Å². The molecule has 1 atom stereocenters. The number of hydrogen-bond donors (Lipinski definition) is 0. The molecular formula is C14H14F3NO4S. The highest BCUT2D eigenvalue weighted by atomic mass is 32.2. The molecular weight excluding hydrogens is 335 g/mol. The van der Waals surface area contributed by atoms with Gasteiger partial charge in [-0.25, -0.2) is 8.42 Å². The van der Waals surface area contributed by atoms with E-state index in [1.54, 1.807) is 6.07 Å². The number of rotatable bonds is 2. The molecule has 1 heterocycles. The molecule has 0 amide bonds. The molecule has 1 aromatic rings. The minimum Gasteiger partial charge on any atom is -0.497 e. The van der Waals surface area contributed by atoms with Crippen LogP contribution in [0.3, 0.4) is 0 Å². The largest absolute Gasteiger partial charge is 0.511 e. The fraction of sp³-hybridized carbons (Fsp3) is 0.500. The summed E-state index contributed by atoms with van der Waals surface area (Å²) in [7, 11) is -4.00. The van der Waals surface area contributed by atoms with Crippen molar-refractivity contribution >= 4 is 15.8 Å². The molecule has 0 aromatic heterocycles. The van der Waals surface area contributed by atoms with E-state index in [2.05, 4.69) is 0 Å². The summed E-state index contributed by atoms with van der Waals surface area (Å²) in [5, 5.41) is 0. The zero-order valence-electron chi connectivity index (χ0n) is 12.2. The Morgan fingerprint density at radius 1 is 1.26 bits per heavy atom. The molecule has 1 unspecified atom stereocenters. The summed E-state index contributed by atoms with van der Waals surface area (Å²) in [5.41, 5.74) is -4.02. The summed E-state index contributed by atoms with van der Waals surface area (Å²) >= 11 is 0. The molecule has 0 saturated heterocycles. The maximum absolute atomic E-state index is 12.9. The monoisotopic (exact) mass is 349 g/mol. The van der Waals surface area contributed by atoms with Crippen molar-refractivity contribution in [3.05, 3.63) is 28.8 Å². The maximum atomic E-state index is 12.9. The number of ketones is 1. The van der Waals surface area contributed by atoms with Crippen molar-refractivity contribution in [3.8, 4) is 5.75 Å². The lowest BCUT2D eigenvalue weighted by molar-refractivity contribution is -0.0505. The molecule has 1 aromatic carbocycles. The summed E-state index contributed by atoms with van der Waals surface area (Å²) in [6, 6.07) is 2.17. The number of benzene rings is 1. The molecule has 9 heteroatoms. The molecule has 0 bridgehead atoms. The van der Waals surface area contributed by atoms with Crippen LogP contribution < -0.4 is 4.74 Å². The Morgan fingerprint density at radius 2 is 1.96 bits per heavy atom. The van der Waals surface area contributed by atoms with Crippen LogP contribution in [0.25, 0.3) is 0 Å². The molecule has 126 valence electrons. The van der Waals surface area contributed by atoms with Crippen LogP contribution in [0.1, 0.15) is 40.4 Å². The van der Waals surface area contributed by atoms with Gasteiger partial charge in [0.05, 0.1) is 13.2 Å². The number of sulfonamides is 1. The number of carbonyl (C=O) groups excluding carboxylic acids is 1. The van der Waals surface area contributed by atoms with Crippen LogP contribution in [0.15, 0.2) is 12.1 Å². The van der Waals surface area contributed by atoms with Crippen LogP contribution in [0.2, 0.25) is 0 Å². The topological polar surface area (TPSA) is 63.7 Å². The molecule has 0 fully saturated rings. The lowest BCUT2D eigenvalue weighted by Crippen LogP contribution is -2.47. The first kappa shape index (κ1) is 16.3. The van der Waals surface area contributed by atoms with Crippen LogP contribution >= 0.6 is 0 Å². The van der Waals surface area contributed by atoms with Crippen LogP contribution in [0.5, 0.6) is 5.75 Å². The highest BCUT2D eigenvalue weighted by molar-refractivity contribution is 7.90. The van der Waals surface area contributed by atoms with Gasteiger partial charge in [0.1, 0.15) is 5.75 Å². The highest BCUT2D eigenvalue weighted by Gasteiger charge is 2.53. The fourth-order valence-electron chi connectivity index (χ4n) is 3.27. The summed E-state index contributed by atoms with van der Waals surface area (Å²) < 4.78 is 67.9. The van der Waals surface area contributed by atoms with Crippen molar-refractivity contribution < 1.29 is 31.1 Å². The maximum Gasteiger partial charge on any atom is 0.511 e. The smallest absolute Gasteiger partial charge is 0.497 e. The fourth-order valence-corrected chi connectivity index (χ4v) is 4.42. The normalized spacial score (nSPS) is 21.9. The van der Waals surface area contributed by atoms with Gasteiger partial charge in [-0.3, -0.25) is 4.79 Å². The van der Waals surface area contributed by atoms with Gasteiger partial charge in [-0.1, -0.05) is 0 Å². The van der Waals surface area contributed by atoms with Gasteiger partial charge in [-0.2, -0.15) is 17.5 Å². The van der Waals surface area contributed by atoms with Crippen LogP contribution in [-0.4, -0.2) is 37.7 Å². The predicted octanol–water partition coefficient (Wildman–Crippen LogP) is 2.42. The minimum atomic E-state index is -5.43. The number of alkyl halides is 3. The molecule has 1 aliphatic heterocycles. The Balaban J connectivity index is 2.15. The van der Waals surface area contributed by atoms with Gasteiger partial charge in [0, 0.05) is 18.5 Å². The van der Waals surface area contributed by atoms with E-state index in [9.17, 15) is 26.4 Å². The second-order valence-electron chi connectivity index (χ2n) is 5.54. The molecule has 0 spiro atoms. The quantitative estimate of drug-likeness (QED) is 0.823. The Hall–Kier alpha value is -1.61. The van der Waals surface area contributed by atoms with Gasteiger partial charge in [-0.05, 0) is 36.1 Å². The second-order valence-corrected chi connectivity index (χ2v) is 7.42. The van der Waals surface area contributed by atoms with Crippen LogP contribution in [0, 0.1) is 0 Å². The van der Waals surface area contributed by atoms with Crippen molar-refractivity contribution in [2.75, 3.05) is 13.7 Å². The Labute approximate surface area is 131 Å². The standard InChI is InChI=1S/C14H14F3NO4S/c1-22-9-6-8-4-5-18(23(20,21)14(15,16)17)11-2-3-12(19)10(7-9)13(8)11/h6-7,11H,2-5H2,1H3.